The van der Waals surface area contributed by atoms with Crippen molar-refractivity contribution in [1.29, 1.82) is 0 Å². The van der Waals surface area contributed by atoms with Gasteiger partial charge in [0.15, 0.2) is 17.6 Å². The second kappa shape index (κ2) is 14.4. The summed E-state index contributed by atoms with van der Waals surface area (Å²) in [6.45, 7) is 0. The molecule has 7 nitrogen and oxygen atoms in total. The summed E-state index contributed by atoms with van der Waals surface area (Å²) < 4.78 is 18.1. The van der Waals surface area contributed by atoms with Crippen LogP contribution in [0.15, 0.2) is 231 Å². The summed E-state index contributed by atoms with van der Waals surface area (Å²) >= 11 is 0. The summed E-state index contributed by atoms with van der Waals surface area (Å²) in [6.07, 6.45) is -0.486. The zero-order valence-electron chi connectivity index (χ0n) is 37.3. The molecule has 1 aliphatic rings. The van der Waals surface area contributed by atoms with Gasteiger partial charge in [0.2, 0.25) is 0 Å². The van der Waals surface area contributed by atoms with E-state index in [1.807, 2.05) is 24.3 Å². The van der Waals surface area contributed by atoms with Crippen LogP contribution < -0.4 is 0 Å². The highest BCUT2D eigenvalue weighted by Gasteiger charge is 2.31. The maximum atomic E-state index is 7.06. The van der Waals surface area contributed by atoms with Crippen LogP contribution in [0.2, 0.25) is 0 Å². The third-order valence-electron chi connectivity index (χ3n) is 14.3. The molecule has 15 rings (SSSR count). The molecule has 0 saturated heterocycles. The Hall–Kier alpha value is -9.20. The summed E-state index contributed by atoms with van der Waals surface area (Å²) in [5, 5.41) is 11.3. The Morgan fingerprint density at radius 3 is 1.84 bits per heavy atom. The maximum Gasteiger partial charge on any atom is 0.159 e. The number of aliphatic imine (C=N–C) groups is 2. The van der Waals surface area contributed by atoms with Crippen molar-refractivity contribution >= 4 is 110 Å². The molecule has 69 heavy (non-hydrogen) atoms. The normalized spacial score (nSPS) is 14.4. The Balaban J connectivity index is 0.980. The Morgan fingerprint density at radius 2 is 1.03 bits per heavy atom. The van der Waals surface area contributed by atoms with E-state index in [9.17, 15) is 0 Å². The molecule has 5 heterocycles. The number of nitrogens with zero attached hydrogens (tertiary/aromatic N) is 5. The van der Waals surface area contributed by atoms with Crippen LogP contribution >= 0.6 is 0 Å². The molecule has 4 aromatic heterocycles. The molecule has 10 aromatic carbocycles. The molecule has 1 atom stereocenters. The molecule has 324 valence electrons. The first-order chi connectivity index (χ1) is 34.1. The van der Waals surface area contributed by atoms with Gasteiger partial charge in [-0.1, -0.05) is 133 Å². The first kappa shape index (κ1) is 38.0. The first-order valence-electron chi connectivity index (χ1n) is 23.4. The monoisotopic (exact) mass is 885 g/mol. The molecule has 0 bridgehead atoms. The third kappa shape index (κ3) is 5.55. The highest BCUT2D eigenvalue weighted by atomic mass is 16.3. The van der Waals surface area contributed by atoms with Crippen LogP contribution in [0.1, 0.15) is 22.9 Å². The minimum atomic E-state index is -0.486. The fraction of sp³-hybridized carbons (Fsp3) is 0.0323. The van der Waals surface area contributed by atoms with Gasteiger partial charge in [0.05, 0.1) is 27.8 Å². The smallest absolute Gasteiger partial charge is 0.159 e. The number of rotatable bonds is 5. The van der Waals surface area contributed by atoms with Crippen molar-refractivity contribution in [1.82, 2.24) is 14.0 Å². The average molecular weight is 886 g/mol. The van der Waals surface area contributed by atoms with Gasteiger partial charge < -0.3 is 22.9 Å². The fourth-order valence-electron chi connectivity index (χ4n) is 11.2. The number of hydrogen-bond acceptors (Lipinski definition) is 5. The van der Waals surface area contributed by atoms with E-state index in [0.717, 1.165) is 99.8 Å². The molecular weight excluding hydrogens is 847 g/mol. The van der Waals surface area contributed by atoms with Gasteiger partial charge in [0, 0.05) is 72.5 Å². The van der Waals surface area contributed by atoms with Gasteiger partial charge in [0.25, 0.3) is 0 Å². The van der Waals surface area contributed by atoms with Crippen molar-refractivity contribution in [2.24, 2.45) is 9.98 Å². The van der Waals surface area contributed by atoms with Crippen molar-refractivity contribution < 1.29 is 8.83 Å². The van der Waals surface area contributed by atoms with Crippen LogP contribution in [0, 0.1) is 0 Å². The van der Waals surface area contributed by atoms with Gasteiger partial charge >= 0.3 is 0 Å². The summed E-state index contributed by atoms with van der Waals surface area (Å²) in [4.78, 5) is 13.4. The van der Waals surface area contributed by atoms with Crippen LogP contribution in [0.25, 0.3) is 110 Å². The van der Waals surface area contributed by atoms with Crippen molar-refractivity contribution in [2.45, 2.75) is 6.17 Å². The van der Waals surface area contributed by atoms with Crippen LogP contribution in [0.3, 0.4) is 0 Å². The van der Waals surface area contributed by atoms with E-state index < -0.39 is 6.17 Å². The highest BCUT2D eigenvalue weighted by Crippen LogP contribution is 2.44. The molecule has 0 radical (unpaired) electrons. The van der Waals surface area contributed by atoms with Crippen LogP contribution in [-0.2, 0) is 0 Å². The van der Waals surface area contributed by atoms with Gasteiger partial charge in [-0.25, -0.2) is 9.98 Å². The maximum absolute atomic E-state index is 7.06. The molecule has 0 aliphatic carbocycles. The van der Waals surface area contributed by atoms with Crippen LogP contribution in [0.5, 0.6) is 0 Å². The number of fused-ring (bicyclic) bond motifs is 13. The number of para-hydroxylation sites is 5. The molecule has 14 aromatic rings. The van der Waals surface area contributed by atoms with E-state index in [4.69, 9.17) is 18.8 Å². The van der Waals surface area contributed by atoms with Crippen molar-refractivity contribution in [2.75, 3.05) is 7.05 Å². The van der Waals surface area contributed by atoms with Crippen molar-refractivity contribution in [3.05, 3.63) is 229 Å². The summed E-state index contributed by atoms with van der Waals surface area (Å²) in [5.41, 5.74) is 12.8. The first-order valence-corrected chi connectivity index (χ1v) is 23.4. The van der Waals surface area contributed by atoms with Gasteiger partial charge in [-0.15, -0.1) is 0 Å². The minimum absolute atomic E-state index is 0.486. The quantitative estimate of drug-likeness (QED) is 0.173. The topological polar surface area (TPSA) is 64.1 Å². The number of hydrogen-bond donors (Lipinski definition) is 0. The number of amidine groups is 2. The van der Waals surface area contributed by atoms with Crippen molar-refractivity contribution in [3.63, 3.8) is 0 Å². The van der Waals surface area contributed by atoms with E-state index in [1.165, 1.54) is 32.3 Å². The number of benzene rings is 10. The van der Waals surface area contributed by atoms with Gasteiger partial charge in [0.1, 0.15) is 22.6 Å². The van der Waals surface area contributed by atoms with E-state index >= 15 is 0 Å². The standard InChI is InChI=1S/C62H39N5O2/c1-65-61(40-27-29-44-42-19-7-11-23-50(42)66(53(44)36-40)41-17-3-2-4-18-41)63-60(39-28-32-57-49(34-39)45-21-9-13-25-55(45)68-57)64-62(65)47-30-31-52(59-58(47)46-22-10-14-26-56(46)69-59)67-51-24-12-8-20-43(51)48-33-37-15-5-6-16-38(37)35-54(48)67/h2-36,62H,1H3. The molecule has 1 unspecified atom stereocenters. The lowest BCUT2D eigenvalue weighted by Crippen LogP contribution is -2.35. The van der Waals surface area contributed by atoms with E-state index in [-0.39, 0.29) is 0 Å². The van der Waals surface area contributed by atoms with Crippen molar-refractivity contribution in [3.8, 4) is 11.4 Å². The Labute approximate surface area is 394 Å². The highest BCUT2D eigenvalue weighted by molar-refractivity contribution is 6.19. The SMILES string of the molecule is CN1C(c2ccc3c4ccccc4n(-c4ccccc4)c3c2)=NC(c2ccc3oc4ccccc4c3c2)=NC1c1ccc(-n2c3ccccc3c3cc4ccccc4cc32)c2oc3ccccc3c12. The Kier molecular flexibility index (Phi) is 7.92. The molecule has 0 saturated carbocycles. The molecule has 0 spiro atoms. The lowest BCUT2D eigenvalue weighted by atomic mass is 10.00. The second-order valence-electron chi connectivity index (χ2n) is 18.1. The average Bonchev–Trinajstić information content (AvgIpc) is 4.16. The lowest BCUT2D eigenvalue weighted by Gasteiger charge is -2.33. The van der Waals surface area contributed by atoms with E-state index in [2.05, 4.69) is 209 Å². The predicted octanol–water partition coefficient (Wildman–Crippen LogP) is 15.7. The van der Waals surface area contributed by atoms with E-state index in [1.54, 1.807) is 0 Å². The Morgan fingerprint density at radius 1 is 0.420 bits per heavy atom. The molecule has 1 aliphatic heterocycles. The number of aromatic nitrogens is 2. The van der Waals surface area contributed by atoms with Gasteiger partial charge in [-0.2, -0.15) is 0 Å². The Bertz CT molecular complexity index is 4530. The number of furan rings is 2. The largest absolute Gasteiger partial charge is 0.456 e. The molecule has 0 N–H and O–H groups in total. The predicted molar refractivity (Wildman–Crippen MR) is 284 cm³/mol. The zero-order chi connectivity index (χ0) is 45.3. The zero-order valence-corrected chi connectivity index (χ0v) is 37.3. The second-order valence-corrected chi connectivity index (χ2v) is 18.1. The van der Waals surface area contributed by atoms with Gasteiger partial charge in [-0.3, -0.25) is 0 Å². The van der Waals surface area contributed by atoms with Gasteiger partial charge in [-0.05, 0) is 89.6 Å². The summed E-state index contributed by atoms with van der Waals surface area (Å²) in [5.74, 6) is 1.46. The lowest BCUT2D eigenvalue weighted by molar-refractivity contribution is 0.385. The van der Waals surface area contributed by atoms with Crippen LogP contribution in [0.4, 0.5) is 0 Å². The molecule has 0 fully saturated rings. The van der Waals surface area contributed by atoms with E-state index in [0.29, 0.717) is 5.84 Å². The molecule has 7 heteroatoms. The molecular formula is C62H39N5O2. The van der Waals surface area contributed by atoms with Crippen LogP contribution in [-0.4, -0.2) is 32.8 Å². The molecule has 0 amide bonds. The minimum Gasteiger partial charge on any atom is -0.456 e. The fourth-order valence-corrected chi connectivity index (χ4v) is 11.2. The summed E-state index contributed by atoms with van der Waals surface area (Å²) in [6, 6.07) is 75.3. The summed E-state index contributed by atoms with van der Waals surface area (Å²) in [7, 11) is 2.12. The third-order valence-corrected chi connectivity index (χ3v) is 14.3.